The second-order valence-electron chi connectivity index (χ2n) is 5.28. The molecule has 0 aromatic heterocycles. The second-order valence-corrected chi connectivity index (χ2v) is 7.45. The number of rotatable bonds is 7. The van der Waals surface area contributed by atoms with Crippen molar-refractivity contribution in [1.82, 2.24) is 4.72 Å². The van der Waals surface area contributed by atoms with Crippen LogP contribution < -0.4 is 10.5 Å². The van der Waals surface area contributed by atoms with Crippen molar-refractivity contribution in [2.24, 2.45) is 11.7 Å². The van der Waals surface area contributed by atoms with Gasteiger partial charge in [0.05, 0.1) is 4.90 Å². The zero-order chi connectivity index (χ0) is 15.3. The maximum Gasteiger partial charge on any atom is 0.240 e. The van der Waals surface area contributed by atoms with Crippen LogP contribution in [0.25, 0.3) is 0 Å². The van der Waals surface area contributed by atoms with Crippen molar-refractivity contribution in [2.75, 3.05) is 6.54 Å². The molecule has 3 N–H and O–H groups in total. The van der Waals surface area contributed by atoms with E-state index in [9.17, 15) is 8.42 Å². The Kier molecular flexibility index (Phi) is 6.10. The van der Waals surface area contributed by atoms with E-state index in [4.69, 9.17) is 18.0 Å². The van der Waals surface area contributed by atoms with Gasteiger partial charge in [-0.1, -0.05) is 38.2 Å². The minimum absolute atomic E-state index is 0.196. The summed E-state index contributed by atoms with van der Waals surface area (Å²) in [5.41, 5.74) is 6.79. The Morgan fingerprint density at radius 3 is 2.60 bits per heavy atom. The first-order valence-electron chi connectivity index (χ1n) is 6.64. The predicted molar refractivity (Wildman–Crippen MR) is 86.3 cm³/mol. The minimum atomic E-state index is -3.51. The fourth-order valence-electron chi connectivity index (χ4n) is 1.84. The monoisotopic (exact) mass is 314 g/mol. The fraction of sp³-hybridized carbons (Fsp3) is 0.500. The van der Waals surface area contributed by atoms with Crippen LogP contribution in [0.3, 0.4) is 0 Å². The first-order valence-corrected chi connectivity index (χ1v) is 8.53. The Hall–Kier alpha value is -0.980. The molecule has 0 amide bonds. The van der Waals surface area contributed by atoms with E-state index in [0.717, 1.165) is 12.8 Å². The van der Waals surface area contributed by atoms with Crippen LogP contribution in [0.15, 0.2) is 23.1 Å². The number of nitrogens with two attached hydrogens (primary N) is 1. The van der Waals surface area contributed by atoms with Crippen molar-refractivity contribution in [3.63, 3.8) is 0 Å². The summed E-state index contributed by atoms with van der Waals surface area (Å²) in [6, 6.07) is 4.98. The Morgan fingerprint density at radius 2 is 2.05 bits per heavy atom. The number of hydrogen-bond donors (Lipinski definition) is 2. The van der Waals surface area contributed by atoms with Gasteiger partial charge in [-0.05, 0) is 37.3 Å². The van der Waals surface area contributed by atoms with Gasteiger partial charge in [0.25, 0.3) is 0 Å². The van der Waals surface area contributed by atoms with Gasteiger partial charge >= 0.3 is 0 Å². The van der Waals surface area contributed by atoms with E-state index in [1.165, 1.54) is 6.07 Å². The molecule has 1 aromatic carbocycles. The van der Waals surface area contributed by atoms with Crippen LogP contribution in [0.2, 0.25) is 0 Å². The molecule has 0 saturated heterocycles. The minimum Gasteiger partial charge on any atom is -0.389 e. The highest BCUT2D eigenvalue weighted by Crippen LogP contribution is 2.17. The molecule has 0 unspecified atom stereocenters. The molecule has 112 valence electrons. The summed E-state index contributed by atoms with van der Waals surface area (Å²) in [6.45, 7) is 6.43. The van der Waals surface area contributed by atoms with Crippen molar-refractivity contribution in [2.45, 2.75) is 38.5 Å². The highest BCUT2D eigenvalue weighted by molar-refractivity contribution is 7.89. The Balaban J connectivity index is 2.86. The topological polar surface area (TPSA) is 72.2 Å². The molecule has 0 aliphatic heterocycles. The van der Waals surface area contributed by atoms with Crippen molar-refractivity contribution in [1.29, 1.82) is 0 Å². The maximum absolute atomic E-state index is 12.3. The predicted octanol–water partition coefficient (Wildman–Crippen LogP) is 2.34. The SMILES string of the molecule is Cc1ccc(C(N)=S)cc1S(=O)(=O)NCCCC(C)C. The van der Waals surface area contributed by atoms with Gasteiger partial charge in [0.1, 0.15) is 4.99 Å². The molecular formula is C14H22N2O2S2. The van der Waals surface area contributed by atoms with Crippen molar-refractivity contribution < 1.29 is 8.42 Å². The third-order valence-electron chi connectivity index (χ3n) is 3.01. The molecule has 1 aromatic rings. The first kappa shape index (κ1) is 17.1. The largest absolute Gasteiger partial charge is 0.389 e. The van der Waals surface area contributed by atoms with Crippen LogP contribution in [0.1, 0.15) is 37.8 Å². The van der Waals surface area contributed by atoms with Crippen LogP contribution in [0.4, 0.5) is 0 Å². The molecule has 6 heteroatoms. The quantitative estimate of drug-likeness (QED) is 0.598. The van der Waals surface area contributed by atoms with Gasteiger partial charge in [-0.3, -0.25) is 0 Å². The summed E-state index contributed by atoms with van der Waals surface area (Å²) < 4.78 is 27.2. The molecule has 4 nitrogen and oxygen atoms in total. The molecule has 1 rings (SSSR count). The number of aryl methyl sites for hydroxylation is 1. The lowest BCUT2D eigenvalue weighted by Crippen LogP contribution is -2.26. The lowest BCUT2D eigenvalue weighted by Gasteiger charge is -2.11. The van der Waals surface area contributed by atoms with Crippen LogP contribution >= 0.6 is 12.2 Å². The molecule has 0 spiro atoms. The molecule has 0 saturated carbocycles. The summed E-state index contributed by atoms with van der Waals surface area (Å²) >= 11 is 4.89. The van der Waals surface area contributed by atoms with E-state index in [-0.39, 0.29) is 9.88 Å². The third-order valence-corrected chi connectivity index (χ3v) is 4.85. The van der Waals surface area contributed by atoms with Gasteiger partial charge in [-0.25, -0.2) is 13.1 Å². The van der Waals surface area contributed by atoms with Crippen molar-refractivity contribution in [3.05, 3.63) is 29.3 Å². The van der Waals surface area contributed by atoms with Crippen LogP contribution in [-0.4, -0.2) is 20.0 Å². The summed E-state index contributed by atoms with van der Waals surface area (Å²) in [7, 11) is -3.51. The average molecular weight is 314 g/mol. The Bertz CT molecular complexity index is 581. The van der Waals surface area contributed by atoms with Crippen LogP contribution in [-0.2, 0) is 10.0 Å². The zero-order valence-electron chi connectivity index (χ0n) is 12.1. The Morgan fingerprint density at radius 1 is 1.40 bits per heavy atom. The smallest absolute Gasteiger partial charge is 0.240 e. The van der Waals surface area contributed by atoms with Crippen LogP contribution in [0.5, 0.6) is 0 Å². The van der Waals surface area contributed by atoms with E-state index in [1.54, 1.807) is 19.1 Å². The van der Waals surface area contributed by atoms with Gasteiger partial charge in [-0.2, -0.15) is 0 Å². The number of thiocarbonyl (C=S) groups is 1. The van der Waals surface area contributed by atoms with Gasteiger partial charge in [0.15, 0.2) is 0 Å². The number of hydrogen-bond acceptors (Lipinski definition) is 3. The first-order chi connectivity index (χ1) is 9.24. The normalized spacial score (nSPS) is 11.8. The van der Waals surface area contributed by atoms with E-state index in [1.807, 2.05) is 0 Å². The molecule has 0 heterocycles. The summed E-state index contributed by atoms with van der Waals surface area (Å²) in [5.74, 6) is 0.569. The van der Waals surface area contributed by atoms with Gasteiger partial charge in [0, 0.05) is 12.1 Å². The third kappa shape index (κ3) is 4.85. The summed E-state index contributed by atoms with van der Waals surface area (Å²) in [6.07, 6.45) is 1.82. The highest BCUT2D eigenvalue weighted by atomic mass is 32.2. The van der Waals surface area contributed by atoms with E-state index in [2.05, 4.69) is 18.6 Å². The van der Waals surface area contributed by atoms with Gasteiger partial charge < -0.3 is 5.73 Å². The number of nitrogens with one attached hydrogen (secondary N) is 1. The van der Waals surface area contributed by atoms with Crippen molar-refractivity contribution in [3.8, 4) is 0 Å². The molecule has 0 bridgehead atoms. The highest BCUT2D eigenvalue weighted by Gasteiger charge is 2.17. The van der Waals surface area contributed by atoms with E-state index in [0.29, 0.717) is 23.6 Å². The van der Waals surface area contributed by atoms with Crippen molar-refractivity contribution >= 4 is 27.2 Å². The molecule has 0 atom stereocenters. The van der Waals surface area contributed by atoms with Gasteiger partial charge in [0.2, 0.25) is 10.0 Å². The summed E-state index contributed by atoms with van der Waals surface area (Å²) in [5, 5.41) is 0. The lowest BCUT2D eigenvalue weighted by molar-refractivity contribution is 0.539. The van der Waals surface area contributed by atoms with E-state index >= 15 is 0 Å². The number of sulfonamides is 1. The molecule has 0 radical (unpaired) electrons. The zero-order valence-corrected chi connectivity index (χ0v) is 13.8. The Labute approximate surface area is 126 Å². The lowest BCUT2D eigenvalue weighted by atomic mass is 10.1. The molecule has 0 aliphatic rings. The standard InChI is InChI=1S/C14H22N2O2S2/c1-10(2)5-4-8-16-20(17,18)13-9-12(14(15)19)7-6-11(13)3/h6-7,9-10,16H,4-5,8H2,1-3H3,(H2,15,19). The number of benzene rings is 1. The molecule has 0 fully saturated rings. The second kappa shape index (κ2) is 7.15. The van der Waals surface area contributed by atoms with Gasteiger partial charge in [-0.15, -0.1) is 0 Å². The maximum atomic E-state index is 12.3. The van der Waals surface area contributed by atoms with E-state index < -0.39 is 10.0 Å². The molecular weight excluding hydrogens is 292 g/mol. The molecule has 20 heavy (non-hydrogen) atoms. The van der Waals surface area contributed by atoms with Crippen LogP contribution in [0, 0.1) is 12.8 Å². The summed E-state index contributed by atoms with van der Waals surface area (Å²) in [4.78, 5) is 0.439. The average Bonchev–Trinajstić information content (AvgIpc) is 2.34. The molecule has 0 aliphatic carbocycles. The fourth-order valence-corrected chi connectivity index (χ4v) is 3.31.